The van der Waals surface area contributed by atoms with Crippen molar-refractivity contribution in [2.45, 2.75) is 38.6 Å². The Hall–Kier alpha value is -1.10. The van der Waals surface area contributed by atoms with E-state index in [9.17, 15) is 9.59 Å². The normalized spacial score (nSPS) is 26.0. The van der Waals surface area contributed by atoms with E-state index < -0.39 is 0 Å². The Morgan fingerprint density at radius 2 is 2.05 bits per heavy atom. The van der Waals surface area contributed by atoms with Crippen LogP contribution in [0.4, 0.5) is 0 Å². The molecule has 0 saturated carbocycles. The Morgan fingerprint density at radius 1 is 1.37 bits per heavy atom. The molecule has 5 nitrogen and oxygen atoms in total. The lowest BCUT2D eigenvalue weighted by Crippen LogP contribution is -2.50. The highest BCUT2D eigenvalue weighted by Crippen LogP contribution is 2.20. The lowest BCUT2D eigenvalue weighted by atomic mass is 9.95. The van der Waals surface area contributed by atoms with Gasteiger partial charge in [-0.15, -0.1) is 0 Å². The van der Waals surface area contributed by atoms with Gasteiger partial charge in [0.05, 0.1) is 5.92 Å². The summed E-state index contributed by atoms with van der Waals surface area (Å²) >= 11 is 0. The first-order valence-corrected chi connectivity index (χ1v) is 7.37. The van der Waals surface area contributed by atoms with Crippen molar-refractivity contribution in [2.75, 3.05) is 33.2 Å². The summed E-state index contributed by atoms with van der Waals surface area (Å²) < 4.78 is 0. The van der Waals surface area contributed by atoms with Crippen LogP contribution in [0.2, 0.25) is 0 Å². The maximum atomic E-state index is 12.4. The summed E-state index contributed by atoms with van der Waals surface area (Å²) in [5.74, 6) is 0.254. The number of amides is 2. The average molecular weight is 267 g/mol. The standard InChI is InChI=1S/C14H25N3O2/c1-3-17-8-6-12(7-9-17)16(2)14(19)11-4-5-13(18)15-10-11/h11-12H,3-10H2,1-2H3,(H,15,18). The maximum Gasteiger partial charge on any atom is 0.227 e. The Bertz CT molecular complexity index is 328. The lowest BCUT2D eigenvalue weighted by molar-refractivity contribution is -0.139. The fraction of sp³-hybridized carbons (Fsp3) is 0.857. The quantitative estimate of drug-likeness (QED) is 0.808. The van der Waals surface area contributed by atoms with Gasteiger partial charge in [-0.2, -0.15) is 0 Å². The van der Waals surface area contributed by atoms with Gasteiger partial charge in [-0.05, 0) is 25.8 Å². The molecule has 1 N–H and O–H groups in total. The van der Waals surface area contributed by atoms with Crippen molar-refractivity contribution in [3.05, 3.63) is 0 Å². The van der Waals surface area contributed by atoms with Crippen LogP contribution in [0.25, 0.3) is 0 Å². The van der Waals surface area contributed by atoms with E-state index >= 15 is 0 Å². The van der Waals surface area contributed by atoms with Crippen molar-refractivity contribution >= 4 is 11.8 Å². The van der Waals surface area contributed by atoms with Gasteiger partial charge >= 0.3 is 0 Å². The van der Waals surface area contributed by atoms with Crippen LogP contribution in [-0.2, 0) is 9.59 Å². The first kappa shape index (κ1) is 14.3. The van der Waals surface area contributed by atoms with E-state index in [1.165, 1.54) is 0 Å². The second kappa shape index (κ2) is 6.37. The number of piperidine rings is 2. The number of carbonyl (C=O) groups is 2. The van der Waals surface area contributed by atoms with Gasteiger partial charge in [0, 0.05) is 39.1 Å². The van der Waals surface area contributed by atoms with Crippen LogP contribution in [0, 0.1) is 5.92 Å². The summed E-state index contributed by atoms with van der Waals surface area (Å²) in [6, 6.07) is 0.368. The minimum absolute atomic E-state index is 0.0214. The van der Waals surface area contributed by atoms with Crippen LogP contribution in [-0.4, -0.2) is 60.9 Å². The number of hydrogen-bond acceptors (Lipinski definition) is 3. The smallest absolute Gasteiger partial charge is 0.227 e. The molecular formula is C14H25N3O2. The highest BCUT2D eigenvalue weighted by Gasteiger charge is 2.31. The predicted molar refractivity (Wildman–Crippen MR) is 73.6 cm³/mol. The topological polar surface area (TPSA) is 52.7 Å². The highest BCUT2D eigenvalue weighted by molar-refractivity contribution is 5.83. The number of nitrogens with zero attached hydrogens (tertiary/aromatic N) is 2. The van der Waals surface area contributed by atoms with Gasteiger partial charge in [0.25, 0.3) is 0 Å². The minimum Gasteiger partial charge on any atom is -0.355 e. The van der Waals surface area contributed by atoms with Crippen LogP contribution in [0.3, 0.4) is 0 Å². The molecule has 1 unspecified atom stereocenters. The molecule has 2 fully saturated rings. The Labute approximate surface area is 115 Å². The fourth-order valence-electron chi connectivity index (χ4n) is 3.03. The van der Waals surface area contributed by atoms with Crippen LogP contribution in [0.15, 0.2) is 0 Å². The molecule has 108 valence electrons. The molecule has 0 aromatic rings. The van der Waals surface area contributed by atoms with Crippen molar-refractivity contribution in [3.63, 3.8) is 0 Å². The molecule has 0 aromatic carbocycles. The van der Waals surface area contributed by atoms with Crippen molar-refractivity contribution in [2.24, 2.45) is 5.92 Å². The summed E-state index contributed by atoms with van der Waals surface area (Å²) in [6.07, 6.45) is 3.31. The molecule has 2 amide bonds. The predicted octanol–water partition coefficient (Wildman–Crippen LogP) is 0.455. The first-order chi connectivity index (χ1) is 9.11. The van der Waals surface area contributed by atoms with Gasteiger partial charge in [-0.1, -0.05) is 6.92 Å². The molecular weight excluding hydrogens is 242 g/mol. The fourth-order valence-corrected chi connectivity index (χ4v) is 3.03. The second-order valence-corrected chi connectivity index (χ2v) is 5.65. The van der Waals surface area contributed by atoms with Crippen molar-refractivity contribution in [1.29, 1.82) is 0 Å². The molecule has 2 aliphatic rings. The zero-order valence-corrected chi connectivity index (χ0v) is 12.0. The van der Waals surface area contributed by atoms with Gasteiger partial charge in [-0.25, -0.2) is 0 Å². The van der Waals surface area contributed by atoms with Crippen molar-refractivity contribution < 1.29 is 9.59 Å². The Balaban J connectivity index is 1.84. The van der Waals surface area contributed by atoms with E-state index in [1.54, 1.807) is 0 Å². The first-order valence-electron chi connectivity index (χ1n) is 7.37. The summed E-state index contributed by atoms with van der Waals surface area (Å²) in [5, 5.41) is 2.79. The largest absolute Gasteiger partial charge is 0.355 e. The monoisotopic (exact) mass is 267 g/mol. The molecule has 5 heteroatoms. The van der Waals surface area contributed by atoms with Gasteiger partial charge in [0.1, 0.15) is 0 Å². The third-order valence-electron chi connectivity index (χ3n) is 4.51. The van der Waals surface area contributed by atoms with E-state index in [4.69, 9.17) is 0 Å². The summed E-state index contributed by atoms with van der Waals surface area (Å²) in [7, 11) is 1.92. The molecule has 2 rings (SSSR count). The third kappa shape index (κ3) is 3.47. The number of rotatable bonds is 3. The van der Waals surface area contributed by atoms with Gasteiger partial charge < -0.3 is 15.1 Å². The zero-order chi connectivity index (χ0) is 13.8. The summed E-state index contributed by atoms with van der Waals surface area (Å²) in [6.45, 7) is 5.95. The molecule has 2 saturated heterocycles. The SMILES string of the molecule is CCN1CCC(N(C)C(=O)C2CCC(=O)NC2)CC1. The van der Waals surface area contributed by atoms with Gasteiger partial charge in [-0.3, -0.25) is 9.59 Å². The maximum absolute atomic E-state index is 12.4. The lowest BCUT2D eigenvalue weighted by Gasteiger charge is -2.38. The molecule has 19 heavy (non-hydrogen) atoms. The van der Waals surface area contributed by atoms with Crippen LogP contribution in [0.1, 0.15) is 32.6 Å². The number of likely N-dealkylation sites (tertiary alicyclic amines) is 1. The van der Waals surface area contributed by atoms with Crippen LogP contribution in [0.5, 0.6) is 0 Å². The highest BCUT2D eigenvalue weighted by atomic mass is 16.2. The molecule has 0 aromatic heterocycles. The average Bonchev–Trinajstić information content (AvgIpc) is 2.46. The molecule has 0 bridgehead atoms. The van der Waals surface area contributed by atoms with E-state index in [0.29, 0.717) is 25.4 Å². The van der Waals surface area contributed by atoms with Gasteiger partial charge in [0.15, 0.2) is 0 Å². The van der Waals surface area contributed by atoms with E-state index in [1.807, 2.05) is 11.9 Å². The number of hydrogen-bond donors (Lipinski definition) is 1. The third-order valence-corrected chi connectivity index (χ3v) is 4.51. The molecule has 2 heterocycles. The Morgan fingerprint density at radius 3 is 2.58 bits per heavy atom. The zero-order valence-electron chi connectivity index (χ0n) is 12.0. The van der Waals surface area contributed by atoms with Crippen molar-refractivity contribution in [3.8, 4) is 0 Å². The van der Waals surface area contributed by atoms with Crippen LogP contribution < -0.4 is 5.32 Å². The molecule has 0 spiro atoms. The molecule has 1 atom stereocenters. The van der Waals surface area contributed by atoms with Gasteiger partial charge in [0.2, 0.25) is 11.8 Å². The summed E-state index contributed by atoms with van der Waals surface area (Å²) in [4.78, 5) is 27.9. The molecule has 2 aliphatic heterocycles. The van der Waals surface area contributed by atoms with E-state index in [0.717, 1.165) is 32.5 Å². The minimum atomic E-state index is -0.0214. The molecule has 0 aliphatic carbocycles. The number of nitrogens with one attached hydrogen (secondary N) is 1. The Kier molecular flexibility index (Phi) is 4.80. The van der Waals surface area contributed by atoms with E-state index in [-0.39, 0.29) is 17.7 Å². The van der Waals surface area contributed by atoms with E-state index in [2.05, 4.69) is 17.1 Å². The summed E-state index contributed by atoms with van der Waals surface area (Å²) in [5.41, 5.74) is 0. The number of carbonyl (C=O) groups excluding carboxylic acids is 2. The molecule has 0 radical (unpaired) electrons. The second-order valence-electron chi connectivity index (χ2n) is 5.65. The van der Waals surface area contributed by atoms with Crippen LogP contribution >= 0.6 is 0 Å². The van der Waals surface area contributed by atoms with Crippen molar-refractivity contribution in [1.82, 2.24) is 15.1 Å².